The van der Waals surface area contributed by atoms with Crippen LogP contribution in [0.5, 0.6) is 0 Å². The zero-order valence-electron chi connectivity index (χ0n) is 15.9. The summed E-state index contributed by atoms with van der Waals surface area (Å²) in [7, 11) is 1.72. The number of aryl methyl sites for hydroxylation is 3. The molecule has 28 heavy (non-hydrogen) atoms. The normalized spacial score (nSPS) is 14.7. The summed E-state index contributed by atoms with van der Waals surface area (Å²) in [5.41, 5.74) is 4.08. The SMILES string of the molecule is CC(NC(=O)Cn1cnc2c(c(Br)nn2C)c1=O)c1ccc2c(c1)CCCC2. The van der Waals surface area contributed by atoms with E-state index in [-0.39, 0.29) is 24.1 Å². The number of nitrogens with zero attached hydrogens (tertiary/aromatic N) is 4. The molecule has 1 amide bonds. The lowest BCUT2D eigenvalue weighted by Gasteiger charge is -2.20. The number of amides is 1. The van der Waals surface area contributed by atoms with Crippen molar-refractivity contribution in [3.8, 4) is 0 Å². The fourth-order valence-electron chi connectivity index (χ4n) is 3.80. The minimum absolute atomic E-state index is 0.0849. The monoisotopic (exact) mass is 443 g/mol. The first kappa shape index (κ1) is 18.9. The summed E-state index contributed by atoms with van der Waals surface area (Å²) in [5, 5.41) is 7.51. The number of carbonyl (C=O) groups excluding carboxylic acids is 1. The summed E-state index contributed by atoms with van der Waals surface area (Å²) < 4.78 is 3.27. The minimum Gasteiger partial charge on any atom is -0.348 e. The maximum absolute atomic E-state index is 12.7. The lowest BCUT2D eigenvalue weighted by atomic mass is 9.89. The van der Waals surface area contributed by atoms with Crippen molar-refractivity contribution in [3.63, 3.8) is 0 Å². The molecule has 1 N–H and O–H groups in total. The molecule has 0 fully saturated rings. The Hall–Kier alpha value is -2.48. The van der Waals surface area contributed by atoms with Gasteiger partial charge in [-0.1, -0.05) is 18.2 Å². The molecular formula is C20H22BrN5O2. The molecule has 7 nitrogen and oxygen atoms in total. The van der Waals surface area contributed by atoms with Gasteiger partial charge in [-0.15, -0.1) is 0 Å². The first-order chi connectivity index (χ1) is 13.4. The number of halogens is 1. The highest BCUT2D eigenvalue weighted by Gasteiger charge is 2.17. The standard InChI is InChI=1S/C20H22BrN5O2/c1-12(14-8-7-13-5-3-4-6-15(13)9-14)23-16(27)10-26-11-22-19-17(20(26)28)18(21)24-25(19)2/h7-9,11-12H,3-6,10H2,1-2H3,(H,23,27). The predicted molar refractivity (Wildman–Crippen MR) is 110 cm³/mol. The molecule has 0 saturated carbocycles. The van der Waals surface area contributed by atoms with Crippen LogP contribution >= 0.6 is 15.9 Å². The van der Waals surface area contributed by atoms with Crippen LogP contribution in [0.25, 0.3) is 11.0 Å². The van der Waals surface area contributed by atoms with Crippen molar-refractivity contribution < 1.29 is 4.79 Å². The molecule has 3 aromatic rings. The second-order valence-electron chi connectivity index (χ2n) is 7.32. The largest absolute Gasteiger partial charge is 0.348 e. The van der Waals surface area contributed by atoms with Gasteiger partial charge < -0.3 is 5.32 Å². The molecule has 1 aliphatic rings. The van der Waals surface area contributed by atoms with Gasteiger partial charge in [0.25, 0.3) is 5.56 Å². The molecular weight excluding hydrogens is 422 g/mol. The molecule has 8 heteroatoms. The molecule has 0 saturated heterocycles. The Kier molecular flexibility index (Phi) is 5.05. The molecule has 0 bridgehead atoms. The molecule has 1 unspecified atom stereocenters. The second kappa shape index (κ2) is 7.50. The van der Waals surface area contributed by atoms with Crippen LogP contribution in [0, 0.1) is 0 Å². The zero-order valence-corrected chi connectivity index (χ0v) is 17.5. The van der Waals surface area contributed by atoms with Gasteiger partial charge in [0.1, 0.15) is 22.9 Å². The van der Waals surface area contributed by atoms with Gasteiger partial charge >= 0.3 is 0 Å². The second-order valence-corrected chi connectivity index (χ2v) is 8.07. The fourth-order valence-corrected chi connectivity index (χ4v) is 4.38. The van der Waals surface area contributed by atoms with Crippen molar-refractivity contribution in [2.75, 3.05) is 0 Å². The van der Waals surface area contributed by atoms with Crippen LogP contribution in [-0.4, -0.2) is 25.2 Å². The summed E-state index contributed by atoms with van der Waals surface area (Å²) in [4.78, 5) is 29.5. The van der Waals surface area contributed by atoms with Crippen LogP contribution < -0.4 is 10.9 Å². The Morgan fingerprint density at radius 1 is 1.29 bits per heavy atom. The van der Waals surface area contributed by atoms with E-state index in [1.165, 1.54) is 39.5 Å². The molecule has 0 spiro atoms. The van der Waals surface area contributed by atoms with E-state index in [1.807, 2.05) is 6.92 Å². The first-order valence-electron chi connectivity index (χ1n) is 9.42. The molecule has 2 aromatic heterocycles. The first-order valence-corrected chi connectivity index (χ1v) is 10.2. The summed E-state index contributed by atoms with van der Waals surface area (Å²) in [6.07, 6.45) is 6.10. The van der Waals surface area contributed by atoms with Crippen molar-refractivity contribution in [1.29, 1.82) is 0 Å². The van der Waals surface area contributed by atoms with Gasteiger partial charge in [-0.3, -0.25) is 14.2 Å². The number of hydrogen-bond acceptors (Lipinski definition) is 4. The maximum Gasteiger partial charge on any atom is 0.266 e. The van der Waals surface area contributed by atoms with E-state index in [0.29, 0.717) is 15.6 Å². The highest BCUT2D eigenvalue weighted by atomic mass is 79.9. The van der Waals surface area contributed by atoms with Crippen molar-refractivity contribution >= 4 is 32.9 Å². The minimum atomic E-state index is -0.290. The number of benzene rings is 1. The Bertz CT molecular complexity index is 1120. The summed E-state index contributed by atoms with van der Waals surface area (Å²) >= 11 is 3.28. The van der Waals surface area contributed by atoms with Gasteiger partial charge in [-0.25, -0.2) is 9.67 Å². The van der Waals surface area contributed by atoms with Gasteiger partial charge in [-0.05, 0) is 65.2 Å². The van der Waals surface area contributed by atoms with E-state index >= 15 is 0 Å². The number of fused-ring (bicyclic) bond motifs is 2. The molecule has 2 heterocycles. The van der Waals surface area contributed by atoms with E-state index in [9.17, 15) is 9.59 Å². The van der Waals surface area contributed by atoms with Crippen molar-refractivity contribution in [2.24, 2.45) is 7.05 Å². The molecule has 4 rings (SSSR count). The number of carbonyl (C=O) groups is 1. The zero-order chi connectivity index (χ0) is 19.8. The van der Waals surface area contributed by atoms with Crippen LogP contribution in [-0.2, 0) is 31.2 Å². The third-order valence-electron chi connectivity index (χ3n) is 5.33. The van der Waals surface area contributed by atoms with E-state index in [1.54, 1.807) is 7.05 Å². The number of nitrogens with one attached hydrogen (secondary N) is 1. The molecule has 1 aliphatic carbocycles. The highest BCUT2D eigenvalue weighted by Crippen LogP contribution is 2.24. The van der Waals surface area contributed by atoms with Crippen LogP contribution in [0.2, 0.25) is 0 Å². The smallest absolute Gasteiger partial charge is 0.266 e. The van der Waals surface area contributed by atoms with Gasteiger partial charge in [-0.2, -0.15) is 5.10 Å². The molecule has 1 atom stereocenters. The van der Waals surface area contributed by atoms with E-state index in [0.717, 1.165) is 18.4 Å². The average molecular weight is 444 g/mol. The lowest BCUT2D eigenvalue weighted by molar-refractivity contribution is -0.122. The summed E-state index contributed by atoms with van der Waals surface area (Å²) in [6, 6.07) is 6.33. The maximum atomic E-state index is 12.7. The van der Waals surface area contributed by atoms with Crippen molar-refractivity contribution in [2.45, 2.75) is 45.2 Å². The van der Waals surface area contributed by atoms with Gasteiger partial charge in [0.05, 0.1) is 6.04 Å². The predicted octanol–water partition coefficient (Wildman–Crippen LogP) is 2.65. The third-order valence-corrected chi connectivity index (χ3v) is 5.89. The van der Waals surface area contributed by atoms with Crippen LogP contribution in [0.1, 0.15) is 42.5 Å². The fraction of sp³-hybridized carbons (Fsp3) is 0.400. The summed E-state index contributed by atoms with van der Waals surface area (Å²) in [6.45, 7) is 1.88. The van der Waals surface area contributed by atoms with Crippen LogP contribution in [0.3, 0.4) is 0 Å². The molecule has 0 aliphatic heterocycles. The van der Waals surface area contributed by atoms with Crippen LogP contribution in [0.15, 0.2) is 33.9 Å². The molecule has 0 radical (unpaired) electrons. The van der Waals surface area contributed by atoms with E-state index < -0.39 is 0 Å². The average Bonchev–Trinajstić information content (AvgIpc) is 2.97. The lowest BCUT2D eigenvalue weighted by Crippen LogP contribution is -2.34. The molecule has 1 aromatic carbocycles. The van der Waals surface area contributed by atoms with E-state index in [4.69, 9.17) is 0 Å². The Balaban J connectivity index is 1.50. The highest BCUT2D eigenvalue weighted by molar-refractivity contribution is 9.10. The molecule has 146 valence electrons. The third kappa shape index (κ3) is 3.48. The Labute approximate surface area is 170 Å². The number of hydrogen-bond donors (Lipinski definition) is 1. The van der Waals surface area contributed by atoms with Crippen molar-refractivity contribution in [3.05, 3.63) is 56.2 Å². The van der Waals surface area contributed by atoms with Gasteiger partial charge in [0.15, 0.2) is 5.65 Å². The Morgan fingerprint density at radius 3 is 2.82 bits per heavy atom. The van der Waals surface area contributed by atoms with Gasteiger partial charge in [0, 0.05) is 7.05 Å². The number of rotatable bonds is 4. The summed E-state index contributed by atoms with van der Waals surface area (Å²) in [5.74, 6) is -0.228. The van der Waals surface area contributed by atoms with E-state index in [2.05, 4.69) is 49.5 Å². The number of aromatic nitrogens is 4. The van der Waals surface area contributed by atoms with Crippen LogP contribution in [0.4, 0.5) is 0 Å². The van der Waals surface area contributed by atoms with Crippen molar-refractivity contribution in [1.82, 2.24) is 24.6 Å². The van der Waals surface area contributed by atoms with Gasteiger partial charge in [0.2, 0.25) is 5.91 Å². The Morgan fingerprint density at radius 2 is 2.04 bits per heavy atom. The quantitative estimate of drug-likeness (QED) is 0.671. The topological polar surface area (TPSA) is 81.8 Å².